The maximum Gasteiger partial charge on any atom is 0.255 e. The van der Waals surface area contributed by atoms with Gasteiger partial charge < -0.3 is 14.5 Å². The summed E-state index contributed by atoms with van der Waals surface area (Å²) < 4.78 is 19.0. The molecule has 3 aromatic rings. The van der Waals surface area contributed by atoms with Crippen molar-refractivity contribution < 1.29 is 18.8 Å². The van der Waals surface area contributed by atoms with Crippen molar-refractivity contribution in [2.75, 3.05) is 33.3 Å². The summed E-state index contributed by atoms with van der Waals surface area (Å²) in [5, 5.41) is 0.931. The van der Waals surface area contributed by atoms with E-state index in [0.717, 1.165) is 60.2 Å². The standard InChI is InChI=1S/C25H26FN3O2/c1-31-24-9-6-17(14-21(24)26)16-28-10-12-29(13-11-28)25(30)20-15-23(18-7-8-18)27-22-5-3-2-4-19(20)22/h2-6,9,14-15,18H,7-8,10-13,16H2,1H3/p+1. The number of pyridine rings is 1. The van der Waals surface area contributed by atoms with Crippen LogP contribution < -0.4 is 9.64 Å². The van der Waals surface area contributed by atoms with Crippen LogP contribution >= 0.6 is 0 Å². The molecule has 1 aliphatic heterocycles. The zero-order valence-corrected chi connectivity index (χ0v) is 17.7. The molecule has 2 aromatic carbocycles. The fourth-order valence-corrected chi connectivity index (χ4v) is 4.44. The molecule has 1 saturated heterocycles. The van der Waals surface area contributed by atoms with Gasteiger partial charge >= 0.3 is 0 Å². The van der Waals surface area contributed by atoms with E-state index in [2.05, 4.69) is 0 Å². The minimum Gasteiger partial charge on any atom is -0.494 e. The van der Waals surface area contributed by atoms with Crippen LogP contribution in [0.25, 0.3) is 10.9 Å². The van der Waals surface area contributed by atoms with Crippen LogP contribution in [-0.2, 0) is 6.54 Å². The fraction of sp³-hybridized carbons (Fsp3) is 0.360. The Labute approximate surface area is 181 Å². The van der Waals surface area contributed by atoms with E-state index >= 15 is 0 Å². The lowest BCUT2D eigenvalue weighted by Crippen LogP contribution is -3.13. The summed E-state index contributed by atoms with van der Waals surface area (Å²) in [6, 6.07) is 15.1. The number of methoxy groups -OCH3 is 1. The van der Waals surface area contributed by atoms with Gasteiger partial charge in [-0.25, -0.2) is 4.39 Å². The van der Waals surface area contributed by atoms with Gasteiger partial charge in [-0.2, -0.15) is 0 Å². The summed E-state index contributed by atoms with van der Waals surface area (Å²) in [6.45, 7) is 3.83. The molecule has 2 heterocycles. The maximum atomic E-state index is 14.0. The Hall–Kier alpha value is -2.99. The summed E-state index contributed by atoms with van der Waals surface area (Å²) in [7, 11) is 1.47. The van der Waals surface area contributed by atoms with Gasteiger partial charge in [0.05, 0.1) is 44.4 Å². The van der Waals surface area contributed by atoms with Gasteiger partial charge in [0.1, 0.15) is 6.54 Å². The topological polar surface area (TPSA) is 46.9 Å². The quantitative estimate of drug-likeness (QED) is 0.691. The minimum atomic E-state index is -0.329. The third-order valence-corrected chi connectivity index (χ3v) is 6.39. The largest absolute Gasteiger partial charge is 0.494 e. The molecule has 31 heavy (non-hydrogen) atoms. The van der Waals surface area contributed by atoms with Crippen molar-refractivity contribution in [1.82, 2.24) is 9.88 Å². The molecule has 1 N–H and O–H groups in total. The van der Waals surface area contributed by atoms with Gasteiger partial charge in [-0.15, -0.1) is 0 Å². The molecule has 1 amide bonds. The second-order valence-corrected chi connectivity index (χ2v) is 8.57. The third kappa shape index (κ3) is 4.12. The van der Waals surface area contributed by atoms with Crippen LogP contribution in [0.4, 0.5) is 4.39 Å². The Balaban J connectivity index is 1.29. The summed E-state index contributed by atoms with van der Waals surface area (Å²) in [5.74, 6) is 0.533. The summed E-state index contributed by atoms with van der Waals surface area (Å²) >= 11 is 0. The summed E-state index contributed by atoms with van der Waals surface area (Å²) in [4.78, 5) is 21.5. The predicted molar refractivity (Wildman–Crippen MR) is 117 cm³/mol. The highest BCUT2D eigenvalue weighted by molar-refractivity contribution is 6.06. The lowest BCUT2D eigenvalue weighted by atomic mass is 10.0. The van der Waals surface area contributed by atoms with Gasteiger partial charge in [0, 0.05) is 22.6 Å². The molecular weight excluding hydrogens is 393 g/mol. The number of carbonyl (C=O) groups is 1. The van der Waals surface area contributed by atoms with Crippen LogP contribution in [0.3, 0.4) is 0 Å². The van der Waals surface area contributed by atoms with Crippen molar-refractivity contribution in [2.45, 2.75) is 25.3 Å². The summed E-state index contributed by atoms with van der Waals surface area (Å²) in [6.07, 6.45) is 2.32. The van der Waals surface area contributed by atoms with Crippen LogP contribution in [0.5, 0.6) is 5.75 Å². The lowest BCUT2D eigenvalue weighted by molar-refractivity contribution is -0.917. The van der Waals surface area contributed by atoms with Crippen LogP contribution in [0.1, 0.15) is 40.4 Å². The number of nitrogens with zero attached hydrogens (tertiary/aromatic N) is 2. The van der Waals surface area contributed by atoms with E-state index in [-0.39, 0.29) is 17.5 Å². The van der Waals surface area contributed by atoms with Gasteiger partial charge in [-0.1, -0.05) is 18.2 Å². The van der Waals surface area contributed by atoms with E-state index in [4.69, 9.17) is 9.72 Å². The second kappa shape index (κ2) is 8.27. The molecule has 0 atom stereocenters. The molecule has 160 valence electrons. The molecule has 2 aliphatic rings. The Bertz CT molecular complexity index is 1120. The monoisotopic (exact) mass is 420 g/mol. The first kappa shape index (κ1) is 19.9. The molecule has 6 heteroatoms. The van der Waals surface area contributed by atoms with Gasteiger partial charge in [0.25, 0.3) is 5.91 Å². The smallest absolute Gasteiger partial charge is 0.255 e. The van der Waals surface area contributed by atoms with Crippen molar-refractivity contribution in [3.05, 3.63) is 71.2 Å². The number of halogens is 1. The minimum absolute atomic E-state index is 0.0926. The van der Waals surface area contributed by atoms with Gasteiger partial charge in [0.15, 0.2) is 11.6 Å². The van der Waals surface area contributed by atoms with Gasteiger partial charge in [-0.05, 0) is 43.2 Å². The SMILES string of the molecule is COc1ccc(C[NH+]2CCN(C(=O)c3cc(C4CC4)nc4ccccc34)CC2)cc1F. The lowest BCUT2D eigenvalue weighted by Gasteiger charge is -2.32. The molecule has 5 nitrogen and oxygen atoms in total. The molecule has 2 fully saturated rings. The first-order valence-corrected chi connectivity index (χ1v) is 11.0. The van der Waals surface area contributed by atoms with Crippen LogP contribution in [-0.4, -0.2) is 49.1 Å². The number of benzene rings is 2. The van der Waals surface area contributed by atoms with Crippen molar-refractivity contribution >= 4 is 16.8 Å². The molecule has 0 bridgehead atoms. The summed E-state index contributed by atoms with van der Waals surface area (Å²) in [5.41, 5.74) is 3.67. The van der Waals surface area contributed by atoms with Crippen LogP contribution in [0.15, 0.2) is 48.5 Å². The number of hydrogen-bond donors (Lipinski definition) is 1. The Morgan fingerprint density at radius 1 is 1.16 bits per heavy atom. The normalized spacial score (nSPS) is 17.2. The highest BCUT2D eigenvalue weighted by Crippen LogP contribution is 2.40. The average Bonchev–Trinajstić information content (AvgIpc) is 3.64. The van der Waals surface area contributed by atoms with Crippen molar-refractivity contribution in [3.63, 3.8) is 0 Å². The Morgan fingerprint density at radius 3 is 2.65 bits per heavy atom. The van der Waals surface area contributed by atoms with Crippen LogP contribution in [0.2, 0.25) is 0 Å². The number of aromatic nitrogens is 1. The van der Waals surface area contributed by atoms with Crippen molar-refractivity contribution in [3.8, 4) is 5.75 Å². The number of piperazine rings is 1. The van der Waals surface area contributed by atoms with E-state index in [9.17, 15) is 9.18 Å². The fourth-order valence-electron chi connectivity index (χ4n) is 4.44. The number of hydrogen-bond acceptors (Lipinski definition) is 3. The molecule has 0 unspecified atom stereocenters. The number of amides is 1. The van der Waals surface area contributed by atoms with E-state index in [1.807, 2.05) is 41.3 Å². The highest BCUT2D eigenvalue weighted by Gasteiger charge is 2.29. The number of para-hydroxylation sites is 1. The van der Waals surface area contributed by atoms with Crippen molar-refractivity contribution in [2.24, 2.45) is 0 Å². The number of ether oxygens (including phenoxy) is 1. The molecule has 1 saturated carbocycles. The number of carbonyl (C=O) groups excluding carboxylic acids is 1. The molecule has 0 spiro atoms. The molecule has 1 aromatic heterocycles. The van der Waals surface area contributed by atoms with E-state index in [0.29, 0.717) is 19.0 Å². The molecular formula is C25H27FN3O2+. The predicted octanol–water partition coefficient (Wildman–Crippen LogP) is 2.80. The van der Waals surface area contributed by atoms with Gasteiger partial charge in [0.2, 0.25) is 0 Å². The van der Waals surface area contributed by atoms with E-state index in [1.165, 1.54) is 12.0 Å². The second-order valence-electron chi connectivity index (χ2n) is 8.57. The average molecular weight is 421 g/mol. The van der Waals surface area contributed by atoms with Crippen molar-refractivity contribution in [1.29, 1.82) is 0 Å². The molecule has 5 rings (SSSR count). The third-order valence-electron chi connectivity index (χ3n) is 6.39. The van der Waals surface area contributed by atoms with Gasteiger partial charge in [-0.3, -0.25) is 9.78 Å². The molecule has 1 aliphatic carbocycles. The highest BCUT2D eigenvalue weighted by atomic mass is 19.1. The number of nitrogens with one attached hydrogen (secondary N) is 1. The Kier molecular flexibility index (Phi) is 5.32. The van der Waals surface area contributed by atoms with E-state index < -0.39 is 0 Å². The van der Waals surface area contributed by atoms with Crippen LogP contribution in [0, 0.1) is 5.82 Å². The maximum absolute atomic E-state index is 14.0. The first-order valence-electron chi connectivity index (χ1n) is 11.0. The van der Waals surface area contributed by atoms with E-state index in [1.54, 1.807) is 12.1 Å². The number of rotatable bonds is 5. The zero-order valence-electron chi connectivity index (χ0n) is 17.7. The molecule has 0 radical (unpaired) electrons. The Morgan fingerprint density at radius 2 is 1.94 bits per heavy atom. The number of quaternary nitrogens is 1. The number of fused-ring (bicyclic) bond motifs is 1. The first-order chi connectivity index (χ1) is 15.1. The zero-order chi connectivity index (χ0) is 21.4.